The van der Waals surface area contributed by atoms with Gasteiger partial charge >= 0.3 is 200 Å². The van der Waals surface area contributed by atoms with E-state index in [0.717, 1.165) is 0 Å². The first-order valence-electron chi connectivity index (χ1n) is 2.92. The van der Waals surface area contributed by atoms with Crippen LogP contribution in [0.25, 0.3) is 0 Å². The molecule has 0 atom stereocenters. The van der Waals surface area contributed by atoms with Crippen LogP contribution in [0.1, 0.15) is 0 Å². The summed E-state index contributed by atoms with van der Waals surface area (Å²) in [6, 6.07) is 0. The second-order valence-electron chi connectivity index (χ2n) is 1.79. The molecule has 0 bridgehead atoms. The molecule has 0 amide bonds. The third-order valence-corrected chi connectivity index (χ3v) is 0. The normalized spacial score (nSPS) is 10.3. The van der Waals surface area contributed by atoms with E-state index in [1.165, 1.54) is 0 Å². The molecule has 0 aliphatic heterocycles. The Labute approximate surface area is 196 Å². The quantitative estimate of drug-likeness (QED) is 0.203. The SMILES string of the molecule is O=[As]([O-])([O-])[O-].O=[As]([O-])([O-])[O-].O=[As]([O-])([O-])[O-].O=[As]([O-])([O-])[O-].[Hf+4].[Hf+4].[Hf+4]. The van der Waals surface area contributed by atoms with E-state index in [0.29, 0.717) is 0 Å². The average Bonchev–Trinajstić information content (AvgIpc) is 1.62. The van der Waals surface area contributed by atoms with E-state index in [1.807, 2.05) is 0 Å². The van der Waals surface area contributed by atoms with Crippen LogP contribution in [0, 0.1) is 0 Å². The van der Waals surface area contributed by atoms with Crippen molar-refractivity contribution >= 4 is 58.1 Å². The van der Waals surface area contributed by atoms with Crippen LogP contribution in [-0.4, -0.2) is 58.1 Å². The van der Waals surface area contributed by atoms with Gasteiger partial charge in [-0.15, -0.1) is 0 Å². The fraction of sp³-hybridized carbons (Fsp3) is 0. The maximum atomic E-state index is 8.61. The predicted octanol–water partition coefficient (Wildman–Crippen LogP) is -16.3. The summed E-state index contributed by atoms with van der Waals surface area (Å²) in [4.78, 5) is 0. The molecule has 0 aromatic rings. The van der Waals surface area contributed by atoms with E-state index in [2.05, 4.69) is 0 Å². The van der Waals surface area contributed by atoms with Gasteiger partial charge in [-0.25, -0.2) is 0 Å². The summed E-state index contributed by atoms with van der Waals surface area (Å²) < 4.78 is 138. The number of hydrogen-bond acceptors (Lipinski definition) is 16. The maximum absolute atomic E-state index is 8.61. The monoisotopic (exact) mass is 1100 g/mol. The number of rotatable bonds is 0. The standard InChI is InChI=1S/4AsH3O4.3Hf/c4*2-1(3,4)5;;;/h4*(H3,2,3,4,5);;;/q;;;;3*+4/p-12. The van der Waals surface area contributed by atoms with E-state index in [1.54, 1.807) is 0 Å². The molecule has 0 saturated carbocycles. The summed E-state index contributed by atoms with van der Waals surface area (Å²) >= 11 is -23.5. The summed E-state index contributed by atoms with van der Waals surface area (Å²) in [5.74, 6) is 0. The molecule has 0 saturated heterocycles. The first-order valence-corrected chi connectivity index (χ1v) is 15.2. The Kier molecular flexibility index (Phi) is 40.0. The zero-order chi connectivity index (χ0) is 18.0. The Balaban J connectivity index is -0.0000000284. The van der Waals surface area contributed by atoms with E-state index >= 15 is 0 Å². The van der Waals surface area contributed by atoms with Gasteiger partial charge in [-0.05, 0) is 0 Å². The van der Waals surface area contributed by atoms with Crippen molar-refractivity contribution in [2.45, 2.75) is 0 Å². The fourth-order valence-electron chi connectivity index (χ4n) is 0. The van der Waals surface area contributed by atoms with Crippen LogP contribution in [0.4, 0.5) is 0 Å². The summed E-state index contributed by atoms with van der Waals surface area (Å²) in [5.41, 5.74) is 0. The molecule has 16 nitrogen and oxygen atoms in total. The Hall–Kier alpha value is 3.56. The van der Waals surface area contributed by atoms with Crippen molar-refractivity contribution < 1.29 is 142 Å². The van der Waals surface area contributed by atoms with Gasteiger partial charge in [0.05, 0.1) is 0 Å². The van der Waals surface area contributed by atoms with E-state index in [4.69, 9.17) is 64.1 Å². The minimum Gasteiger partial charge on any atom is 4.00 e. The van der Waals surface area contributed by atoms with E-state index in [9.17, 15) is 0 Å². The molecular formula is As4Hf3O16. The molecule has 128 valence electrons. The minimum absolute atomic E-state index is 0. The molecule has 0 aliphatic carbocycles. The molecule has 0 heterocycles. The average molecular weight is 1090 g/mol. The molecule has 0 fully saturated rings. The van der Waals surface area contributed by atoms with Gasteiger partial charge in [0.15, 0.2) is 0 Å². The van der Waals surface area contributed by atoms with Gasteiger partial charge in [0.2, 0.25) is 0 Å². The van der Waals surface area contributed by atoms with Crippen LogP contribution in [0.5, 0.6) is 0 Å². The Morgan fingerprint density at radius 2 is 0.304 bits per heavy atom. The van der Waals surface area contributed by atoms with Gasteiger partial charge in [-0.1, -0.05) is 0 Å². The Morgan fingerprint density at radius 1 is 0.304 bits per heavy atom. The van der Waals surface area contributed by atoms with Crippen LogP contribution in [0.15, 0.2) is 0 Å². The van der Waals surface area contributed by atoms with Gasteiger partial charge in [0, 0.05) is 0 Å². The van der Waals surface area contributed by atoms with Crippen LogP contribution in [-0.2, 0) is 92.5 Å². The van der Waals surface area contributed by atoms with Gasteiger partial charge in [-0.2, -0.15) is 0 Å². The van der Waals surface area contributed by atoms with Crippen LogP contribution in [0.3, 0.4) is 0 Å². The zero-order valence-corrected chi connectivity index (χ0v) is 28.1. The Morgan fingerprint density at radius 3 is 0.304 bits per heavy atom. The van der Waals surface area contributed by atoms with Crippen molar-refractivity contribution in [1.29, 1.82) is 0 Å². The van der Waals surface area contributed by atoms with Gasteiger partial charge < -0.3 is 0 Å². The second-order valence-corrected chi connectivity index (χ2v) is 9.30. The van der Waals surface area contributed by atoms with Crippen LogP contribution >= 0.6 is 0 Å². The summed E-state index contributed by atoms with van der Waals surface area (Å²) in [6.45, 7) is 0. The minimum atomic E-state index is -5.88. The molecule has 0 radical (unpaired) electrons. The van der Waals surface area contributed by atoms with Crippen molar-refractivity contribution in [2.75, 3.05) is 0 Å². The van der Waals surface area contributed by atoms with Gasteiger partial charge in [0.25, 0.3) is 0 Å². The molecule has 23 heteroatoms. The smallest absolute Gasteiger partial charge is 4.00 e. The Bertz CT molecular complexity index is 292. The largest absolute Gasteiger partial charge is 4.00 e. The molecule has 0 unspecified atom stereocenters. The second kappa shape index (κ2) is 20.3. The third kappa shape index (κ3) is 1120. The number of hydrogen-bond donors (Lipinski definition) is 0. The van der Waals surface area contributed by atoms with Gasteiger partial charge in [-0.3, -0.25) is 0 Å². The third-order valence-electron chi connectivity index (χ3n) is 0. The molecule has 23 heavy (non-hydrogen) atoms. The van der Waals surface area contributed by atoms with E-state index in [-0.39, 0.29) is 77.5 Å². The van der Waals surface area contributed by atoms with Crippen molar-refractivity contribution in [3.63, 3.8) is 0 Å². The van der Waals surface area contributed by atoms with Crippen molar-refractivity contribution in [3.05, 3.63) is 0 Å². The zero-order valence-electron chi connectivity index (χ0n) is 9.82. The predicted molar refractivity (Wildman–Crippen MR) is 25.8 cm³/mol. The van der Waals surface area contributed by atoms with E-state index < -0.39 is 58.1 Å². The molecule has 0 aromatic carbocycles. The molecule has 0 aromatic heterocycles. The van der Waals surface area contributed by atoms with Crippen molar-refractivity contribution in [3.8, 4) is 0 Å². The molecule has 0 aliphatic rings. The fourth-order valence-corrected chi connectivity index (χ4v) is 0. The molecule has 0 spiro atoms. The van der Waals surface area contributed by atoms with Crippen molar-refractivity contribution in [2.24, 2.45) is 0 Å². The summed E-state index contributed by atoms with van der Waals surface area (Å²) in [5, 5.41) is 0. The summed E-state index contributed by atoms with van der Waals surface area (Å²) in [7, 11) is 0. The molecule has 0 rings (SSSR count). The first kappa shape index (κ1) is 45.4. The first-order chi connectivity index (χ1) is 8.00. The van der Waals surface area contributed by atoms with Gasteiger partial charge in [0.1, 0.15) is 0 Å². The summed E-state index contributed by atoms with van der Waals surface area (Å²) in [6.07, 6.45) is 0. The topological polar surface area (TPSA) is 345 Å². The van der Waals surface area contributed by atoms with Crippen molar-refractivity contribution in [1.82, 2.24) is 0 Å². The molecular weight excluding hydrogens is 1090 g/mol. The van der Waals surface area contributed by atoms with Crippen LogP contribution < -0.4 is 49.1 Å². The van der Waals surface area contributed by atoms with Crippen LogP contribution in [0.2, 0.25) is 0 Å². The molecule has 0 N–H and O–H groups in total. The maximum Gasteiger partial charge on any atom is 4.00 e.